The first-order valence-electron chi connectivity index (χ1n) is 11.8. The normalized spacial score (nSPS) is 53.6. The van der Waals surface area contributed by atoms with Crippen molar-refractivity contribution in [3.8, 4) is 0 Å². The van der Waals surface area contributed by atoms with Crippen LogP contribution in [0.2, 0.25) is 0 Å². The maximum atomic E-state index is 12.9. The molecular formula is C25H38O2. The largest absolute Gasteiger partial charge is 0.459 e. The van der Waals surface area contributed by atoms with Gasteiger partial charge >= 0.3 is 5.97 Å². The summed E-state index contributed by atoms with van der Waals surface area (Å²) < 4.78 is 6.26. The molecule has 2 heteroatoms. The lowest BCUT2D eigenvalue weighted by Crippen LogP contribution is -2.85. The van der Waals surface area contributed by atoms with Gasteiger partial charge in [-0.2, -0.15) is 0 Å². The second-order valence-electron chi connectivity index (χ2n) is 13.1. The van der Waals surface area contributed by atoms with Crippen LogP contribution in [0.25, 0.3) is 0 Å². The third kappa shape index (κ3) is 1.75. The van der Waals surface area contributed by atoms with E-state index in [4.69, 9.17) is 4.74 Å². The van der Waals surface area contributed by atoms with Crippen molar-refractivity contribution in [2.75, 3.05) is 0 Å². The molecule has 0 amide bonds. The van der Waals surface area contributed by atoms with Gasteiger partial charge in [0.15, 0.2) is 0 Å². The van der Waals surface area contributed by atoms with Crippen molar-refractivity contribution in [1.29, 1.82) is 0 Å². The van der Waals surface area contributed by atoms with Crippen LogP contribution in [0.5, 0.6) is 0 Å². The van der Waals surface area contributed by atoms with E-state index >= 15 is 0 Å². The highest BCUT2D eigenvalue weighted by Gasteiger charge is 2.87. The van der Waals surface area contributed by atoms with Crippen LogP contribution in [0.4, 0.5) is 0 Å². The SMILES string of the molecule is CCC(C)(C)C(=O)OC(C)(C)CC12CC3CC4C1CC1CC45CC2(C1)C5C3. The lowest BCUT2D eigenvalue weighted by Gasteiger charge is -2.91. The lowest BCUT2D eigenvalue weighted by atomic mass is 9.13. The molecule has 0 aromatic carbocycles. The van der Waals surface area contributed by atoms with Crippen molar-refractivity contribution in [2.24, 2.45) is 51.2 Å². The molecule has 0 aromatic rings. The van der Waals surface area contributed by atoms with E-state index in [2.05, 4.69) is 20.8 Å². The first-order valence-corrected chi connectivity index (χ1v) is 11.8. The lowest BCUT2D eigenvalue weighted by molar-refractivity contribution is -0.431. The summed E-state index contributed by atoms with van der Waals surface area (Å²) in [6, 6.07) is 0. The Morgan fingerprint density at radius 1 is 1.00 bits per heavy atom. The van der Waals surface area contributed by atoms with Gasteiger partial charge in [-0.25, -0.2) is 0 Å². The Hall–Kier alpha value is -0.530. The smallest absolute Gasteiger partial charge is 0.312 e. The first kappa shape index (κ1) is 17.3. The monoisotopic (exact) mass is 370 g/mol. The number of carbonyl (C=O) groups excluding carboxylic acids is 1. The predicted molar refractivity (Wildman–Crippen MR) is 106 cm³/mol. The maximum absolute atomic E-state index is 12.9. The highest BCUT2D eigenvalue weighted by Crippen LogP contribution is 2.94. The van der Waals surface area contributed by atoms with E-state index < -0.39 is 0 Å². The summed E-state index contributed by atoms with van der Waals surface area (Å²) in [5.41, 5.74) is 1.20. The van der Waals surface area contributed by atoms with Gasteiger partial charge in [0.25, 0.3) is 0 Å². The van der Waals surface area contributed by atoms with Crippen molar-refractivity contribution in [1.82, 2.24) is 0 Å². The predicted octanol–water partition coefficient (Wildman–Crippen LogP) is 5.99. The molecule has 9 aliphatic carbocycles. The highest BCUT2D eigenvalue weighted by atomic mass is 16.6. The Labute approximate surface area is 165 Å². The van der Waals surface area contributed by atoms with Crippen LogP contribution >= 0.6 is 0 Å². The summed E-state index contributed by atoms with van der Waals surface area (Å²) in [5, 5.41) is 0. The minimum absolute atomic E-state index is 0.00955. The van der Waals surface area contributed by atoms with E-state index in [-0.39, 0.29) is 17.0 Å². The van der Waals surface area contributed by atoms with Crippen molar-refractivity contribution >= 4 is 5.97 Å². The van der Waals surface area contributed by atoms with Gasteiger partial charge in [0.2, 0.25) is 0 Å². The van der Waals surface area contributed by atoms with Crippen molar-refractivity contribution < 1.29 is 9.53 Å². The minimum atomic E-state index is -0.366. The summed E-state index contributed by atoms with van der Waals surface area (Å²) in [4.78, 5) is 12.9. The van der Waals surface area contributed by atoms with Crippen LogP contribution in [0.15, 0.2) is 0 Å². The minimum Gasteiger partial charge on any atom is -0.459 e. The molecule has 0 radical (unpaired) electrons. The molecule has 150 valence electrons. The summed E-state index contributed by atoms with van der Waals surface area (Å²) in [7, 11) is 0. The van der Waals surface area contributed by atoms with Gasteiger partial charge in [0.1, 0.15) is 5.60 Å². The molecule has 0 aliphatic heterocycles. The van der Waals surface area contributed by atoms with E-state index in [1.165, 1.54) is 25.7 Å². The molecule has 8 bridgehead atoms. The second kappa shape index (κ2) is 4.62. The number of rotatable bonds is 5. The average molecular weight is 371 g/mol. The standard InChI is InChI=1S/C25H38O2/c1-6-21(2,3)20(26)27-22(4,5)13-24-11-15-7-17-18(24)8-16-10-23(17)14-25(24,12-16)19(23)9-15/h15-19H,6-14H2,1-5H3. The topological polar surface area (TPSA) is 26.3 Å². The zero-order valence-corrected chi connectivity index (χ0v) is 18.1. The second-order valence-corrected chi connectivity index (χ2v) is 13.1. The van der Waals surface area contributed by atoms with Gasteiger partial charge in [-0.3, -0.25) is 4.79 Å². The molecule has 27 heavy (non-hydrogen) atoms. The molecule has 0 aromatic heterocycles. The van der Waals surface area contributed by atoms with Crippen LogP contribution in [-0.4, -0.2) is 11.6 Å². The van der Waals surface area contributed by atoms with Gasteiger partial charge in [-0.15, -0.1) is 0 Å². The molecular weight excluding hydrogens is 332 g/mol. The zero-order chi connectivity index (χ0) is 19.0. The number of hydrogen-bond donors (Lipinski definition) is 0. The molecule has 0 saturated heterocycles. The Morgan fingerprint density at radius 2 is 1.74 bits per heavy atom. The van der Waals surface area contributed by atoms with Crippen molar-refractivity contribution in [3.63, 3.8) is 0 Å². The fourth-order valence-corrected chi connectivity index (χ4v) is 10.5. The van der Waals surface area contributed by atoms with Crippen molar-refractivity contribution in [3.05, 3.63) is 0 Å². The van der Waals surface area contributed by atoms with Gasteiger partial charge in [-0.05, 0) is 131 Å². The fourth-order valence-electron chi connectivity index (χ4n) is 10.5. The molecule has 9 fully saturated rings. The summed E-state index contributed by atoms with van der Waals surface area (Å²) >= 11 is 0. The zero-order valence-electron chi connectivity index (χ0n) is 18.1. The van der Waals surface area contributed by atoms with Crippen LogP contribution in [0, 0.1) is 51.2 Å². The van der Waals surface area contributed by atoms with E-state index in [9.17, 15) is 4.79 Å². The van der Waals surface area contributed by atoms with Gasteiger partial charge in [0, 0.05) is 0 Å². The number of ether oxygens (including phenoxy) is 1. The van der Waals surface area contributed by atoms with E-state index in [1.807, 2.05) is 13.8 Å². The Kier molecular flexibility index (Phi) is 2.97. The van der Waals surface area contributed by atoms with E-state index in [0.717, 1.165) is 47.8 Å². The Bertz CT molecular complexity index is 712. The summed E-state index contributed by atoms with van der Waals surface area (Å²) in [6.45, 7) is 10.6. The Morgan fingerprint density at radius 3 is 2.48 bits per heavy atom. The quantitative estimate of drug-likeness (QED) is 0.556. The molecule has 0 heterocycles. The molecule has 2 spiro atoms. The summed E-state index contributed by atoms with van der Waals surface area (Å²) in [6.07, 6.45) is 12.6. The van der Waals surface area contributed by atoms with Crippen LogP contribution < -0.4 is 0 Å². The van der Waals surface area contributed by atoms with Gasteiger partial charge in [0.05, 0.1) is 5.41 Å². The summed E-state index contributed by atoms with van der Waals surface area (Å²) in [5.74, 6) is 5.02. The molecule has 9 saturated carbocycles. The molecule has 8 unspecified atom stereocenters. The molecule has 0 N–H and O–H groups in total. The molecule has 9 aliphatic rings. The third-order valence-corrected chi connectivity index (χ3v) is 11.2. The number of esters is 1. The first-order chi connectivity index (χ1) is 12.6. The van der Waals surface area contributed by atoms with Crippen LogP contribution in [0.1, 0.15) is 92.4 Å². The number of carbonyl (C=O) groups is 1. The number of hydrogen-bond acceptors (Lipinski definition) is 2. The highest BCUT2D eigenvalue weighted by molar-refractivity contribution is 5.76. The fraction of sp³-hybridized carbons (Fsp3) is 0.960. The Balaban J connectivity index is 1.34. The van der Waals surface area contributed by atoms with Gasteiger partial charge in [-0.1, -0.05) is 6.92 Å². The van der Waals surface area contributed by atoms with E-state index in [0.29, 0.717) is 10.8 Å². The van der Waals surface area contributed by atoms with Crippen LogP contribution in [0.3, 0.4) is 0 Å². The molecule has 9 rings (SSSR count). The van der Waals surface area contributed by atoms with Crippen LogP contribution in [-0.2, 0) is 9.53 Å². The molecule has 8 atom stereocenters. The van der Waals surface area contributed by atoms with Gasteiger partial charge < -0.3 is 4.74 Å². The average Bonchev–Trinajstić information content (AvgIpc) is 2.58. The molecule has 2 nitrogen and oxygen atoms in total. The maximum Gasteiger partial charge on any atom is 0.312 e. The third-order valence-electron chi connectivity index (χ3n) is 11.2. The van der Waals surface area contributed by atoms with E-state index in [1.54, 1.807) is 19.3 Å². The van der Waals surface area contributed by atoms with Crippen molar-refractivity contribution in [2.45, 2.75) is 98.0 Å².